The molecule has 2 aromatic rings. The van der Waals surface area contributed by atoms with Gasteiger partial charge in [0, 0.05) is 31.2 Å². The van der Waals surface area contributed by atoms with Crippen molar-refractivity contribution in [2.75, 3.05) is 33.0 Å². The largest absolute Gasteiger partial charge is 0.381 e. The SMILES string of the molecule is NCc1ccccc1-c1ccc(C(=O)N2CCOCC2C2CCOC2)cc1. The van der Waals surface area contributed by atoms with Crippen molar-refractivity contribution >= 4 is 5.91 Å². The van der Waals surface area contributed by atoms with Crippen LogP contribution in [-0.2, 0) is 16.0 Å². The highest BCUT2D eigenvalue weighted by Gasteiger charge is 2.35. The summed E-state index contributed by atoms with van der Waals surface area (Å²) in [6.07, 6.45) is 0.993. The van der Waals surface area contributed by atoms with Gasteiger partial charge >= 0.3 is 0 Å². The molecule has 2 unspecified atom stereocenters. The van der Waals surface area contributed by atoms with Crippen LogP contribution in [0.3, 0.4) is 0 Å². The average molecular weight is 366 g/mol. The number of hydrogen-bond acceptors (Lipinski definition) is 4. The van der Waals surface area contributed by atoms with Gasteiger partial charge in [0.15, 0.2) is 0 Å². The van der Waals surface area contributed by atoms with Gasteiger partial charge in [0.1, 0.15) is 0 Å². The molecular weight excluding hydrogens is 340 g/mol. The van der Waals surface area contributed by atoms with Gasteiger partial charge in [-0.1, -0.05) is 36.4 Å². The third-order valence-corrected chi connectivity index (χ3v) is 5.62. The van der Waals surface area contributed by atoms with Crippen molar-refractivity contribution in [3.05, 3.63) is 59.7 Å². The highest BCUT2D eigenvalue weighted by atomic mass is 16.5. The van der Waals surface area contributed by atoms with Crippen molar-refractivity contribution < 1.29 is 14.3 Å². The molecule has 142 valence electrons. The van der Waals surface area contributed by atoms with E-state index in [-0.39, 0.29) is 11.9 Å². The van der Waals surface area contributed by atoms with E-state index >= 15 is 0 Å². The molecule has 5 heteroatoms. The molecule has 0 spiro atoms. The number of rotatable bonds is 4. The zero-order valence-electron chi connectivity index (χ0n) is 15.5. The zero-order valence-corrected chi connectivity index (χ0v) is 15.5. The van der Waals surface area contributed by atoms with Crippen LogP contribution < -0.4 is 5.73 Å². The lowest BCUT2D eigenvalue weighted by Crippen LogP contribution is -2.52. The number of ether oxygens (including phenoxy) is 2. The van der Waals surface area contributed by atoms with Gasteiger partial charge in [0.05, 0.1) is 25.9 Å². The van der Waals surface area contributed by atoms with Crippen molar-refractivity contribution in [3.63, 3.8) is 0 Å². The second kappa shape index (κ2) is 8.21. The lowest BCUT2D eigenvalue weighted by Gasteiger charge is -2.38. The molecule has 2 atom stereocenters. The van der Waals surface area contributed by atoms with Crippen molar-refractivity contribution in [1.82, 2.24) is 4.90 Å². The summed E-state index contributed by atoms with van der Waals surface area (Å²) in [5, 5.41) is 0. The van der Waals surface area contributed by atoms with E-state index in [0.29, 0.717) is 38.8 Å². The maximum atomic E-state index is 13.1. The minimum atomic E-state index is 0.0776. The van der Waals surface area contributed by atoms with Crippen LogP contribution in [0, 0.1) is 5.92 Å². The molecule has 0 saturated carbocycles. The Morgan fingerprint density at radius 1 is 1.04 bits per heavy atom. The molecule has 0 radical (unpaired) electrons. The first kappa shape index (κ1) is 18.2. The predicted octanol–water partition coefficient (Wildman–Crippen LogP) is 2.69. The van der Waals surface area contributed by atoms with E-state index in [0.717, 1.165) is 35.3 Å². The highest BCUT2D eigenvalue weighted by Crippen LogP contribution is 2.27. The van der Waals surface area contributed by atoms with E-state index in [1.54, 1.807) is 0 Å². The summed E-state index contributed by atoms with van der Waals surface area (Å²) >= 11 is 0. The van der Waals surface area contributed by atoms with E-state index in [9.17, 15) is 4.79 Å². The smallest absolute Gasteiger partial charge is 0.254 e. The number of carbonyl (C=O) groups is 1. The quantitative estimate of drug-likeness (QED) is 0.904. The molecule has 2 aliphatic heterocycles. The second-order valence-corrected chi connectivity index (χ2v) is 7.20. The number of benzene rings is 2. The molecule has 27 heavy (non-hydrogen) atoms. The molecule has 0 aliphatic carbocycles. The van der Waals surface area contributed by atoms with E-state index in [2.05, 4.69) is 6.07 Å². The Morgan fingerprint density at radius 3 is 2.56 bits per heavy atom. The van der Waals surface area contributed by atoms with Crippen molar-refractivity contribution in [3.8, 4) is 11.1 Å². The van der Waals surface area contributed by atoms with Crippen molar-refractivity contribution in [2.45, 2.75) is 19.0 Å². The number of hydrogen-bond donors (Lipinski definition) is 1. The Kier molecular flexibility index (Phi) is 5.53. The Labute approximate surface area is 160 Å². The Morgan fingerprint density at radius 2 is 1.81 bits per heavy atom. The summed E-state index contributed by atoms with van der Waals surface area (Å²) in [5.41, 5.74) is 9.87. The van der Waals surface area contributed by atoms with Crippen LogP contribution in [0.2, 0.25) is 0 Å². The van der Waals surface area contributed by atoms with Crippen LogP contribution >= 0.6 is 0 Å². The van der Waals surface area contributed by atoms with Crippen LogP contribution in [0.15, 0.2) is 48.5 Å². The van der Waals surface area contributed by atoms with Crippen LogP contribution in [0.1, 0.15) is 22.3 Å². The van der Waals surface area contributed by atoms with E-state index in [1.165, 1.54) is 0 Å². The lowest BCUT2D eigenvalue weighted by atomic mass is 9.95. The van der Waals surface area contributed by atoms with Gasteiger partial charge in [-0.2, -0.15) is 0 Å². The van der Waals surface area contributed by atoms with Gasteiger partial charge in [-0.15, -0.1) is 0 Å². The Bertz CT molecular complexity index is 784. The maximum absolute atomic E-state index is 13.1. The fraction of sp³-hybridized carbons (Fsp3) is 0.409. The average Bonchev–Trinajstić information content (AvgIpc) is 3.28. The molecule has 2 fully saturated rings. The van der Waals surface area contributed by atoms with Crippen molar-refractivity contribution in [1.29, 1.82) is 0 Å². The monoisotopic (exact) mass is 366 g/mol. The minimum absolute atomic E-state index is 0.0776. The number of amides is 1. The molecule has 5 nitrogen and oxygen atoms in total. The molecule has 2 heterocycles. The molecular formula is C22H26N2O3. The minimum Gasteiger partial charge on any atom is -0.381 e. The third-order valence-electron chi connectivity index (χ3n) is 5.62. The fourth-order valence-electron chi connectivity index (χ4n) is 4.06. The molecule has 2 aromatic carbocycles. The van der Waals surface area contributed by atoms with Crippen LogP contribution in [0.5, 0.6) is 0 Å². The fourth-order valence-corrected chi connectivity index (χ4v) is 4.06. The van der Waals surface area contributed by atoms with Crippen LogP contribution in [0.4, 0.5) is 0 Å². The normalized spacial score (nSPS) is 22.8. The first-order valence-electron chi connectivity index (χ1n) is 9.63. The topological polar surface area (TPSA) is 64.8 Å². The molecule has 1 amide bonds. The summed E-state index contributed by atoms with van der Waals surface area (Å²) in [7, 11) is 0. The Balaban J connectivity index is 1.55. The second-order valence-electron chi connectivity index (χ2n) is 7.20. The number of nitrogens with zero attached hydrogens (tertiary/aromatic N) is 1. The van der Waals surface area contributed by atoms with Gasteiger partial charge in [-0.25, -0.2) is 0 Å². The molecule has 2 N–H and O–H groups in total. The van der Waals surface area contributed by atoms with E-state index in [4.69, 9.17) is 15.2 Å². The summed E-state index contributed by atoms with van der Waals surface area (Å²) in [5.74, 6) is 0.443. The third kappa shape index (κ3) is 3.76. The molecule has 2 aliphatic rings. The summed E-state index contributed by atoms with van der Waals surface area (Å²) in [6.45, 7) is 3.82. The first-order chi connectivity index (χ1) is 13.3. The Hall–Kier alpha value is -2.21. The molecule has 4 rings (SSSR count). The highest BCUT2D eigenvalue weighted by molar-refractivity contribution is 5.95. The van der Waals surface area contributed by atoms with Gasteiger partial charge in [-0.3, -0.25) is 4.79 Å². The predicted molar refractivity (Wildman–Crippen MR) is 104 cm³/mol. The van der Waals surface area contributed by atoms with Gasteiger partial charge < -0.3 is 20.1 Å². The number of morpholine rings is 1. The van der Waals surface area contributed by atoms with Gasteiger partial charge in [0.2, 0.25) is 0 Å². The standard InChI is InChI=1S/C22H26N2O3/c23-13-18-3-1-2-4-20(18)16-5-7-17(8-6-16)22(25)24-10-12-27-15-21(24)19-9-11-26-14-19/h1-8,19,21H,9-15,23H2. The lowest BCUT2D eigenvalue weighted by molar-refractivity contribution is -0.0214. The van der Waals surface area contributed by atoms with Crippen LogP contribution in [0.25, 0.3) is 11.1 Å². The summed E-state index contributed by atoms with van der Waals surface area (Å²) < 4.78 is 11.2. The van der Waals surface area contributed by atoms with Crippen molar-refractivity contribution in [2.24, 2.45) is 11.7 Å². The zero-order chi connectivity index (χ0) is 18.6. The van der Waals surface area contributed by atoms with Gasteiger partial charge in [0.25, 0.3) is 5.91 Å². The molecule has 2 saturated heterocycles. The van der Waals surface area contributed by atoms with Crippen LogP contribution in [-0.4, -0.2) is 49.8 Å². The maximum Gasteiger partial charge on any atom is 0.254 e. The summed E-state index contributed by atoms with van der Waals surface area (Å²) in [6, 6.07) is 16.1. The van der Waals surface area contributed by atoms with Gasteiger partial charge in [-0.05, 0) is 35.2 Å². The summed E-state index contributed by atoms with van der Waals surface area (Å²) in [4.78, 5) is 15.1. The number of nitrogens with two attached hydrogens (primary N) is 1. The molecule has 0 bridgehead atoms. The van der Waals surface area contributed by atoms with E-state index < -0.39 is 0 Å². The number of carbonyl (C=O) groups excluding carboxylic acids is 1. The molecule has 0 aromatic heterocycles. The first-order valence-corrected chi connectivity index (χ1v) is 9.63. The van der Waals surface area contributed by atoms with E-state index in [1.807, 2.05) is 47.4 Å².